The zero-order valence-electron chi connectivity index (χ0n) is 18.9. The number of benzene rings is 3. The molecule has 2 amide bonds. The van der Waals surface area contributed by atoms with Gasteiger partial charge < -0.3 is 4.74 Å². The lowest BCUT2D eigenvalue weighted by Crippen LogP contribution is -2.30. The predicted molar refractivity (Wildman–Crippen MR) is 129 cm³/mol. The summed E-state index contributed by atoms with van der Waals surface area (Å²) in [5.74, 6) is -0.594. The molecule has 1 saturated heterocycles. The monoisotopic (exact) mass is 478 g/mol. The predicted octanol–water partition coefficient (Wildman–Crippen LogP) is 4.32. The molecule has 0 unspecified atom stereocenters. The largest absolute Gasteiger partial charge is 0.495 e. The Morgan fingerprint density at radius 3 is 2.32 bits per heavy atom. The van der Waals surface area contributed by atoms with Gasteiger partial charge in [0, 0.05) is 5.39 Å². The van der Waals surface area contributed by atoms with Gasteiger partial charge in [0.15, 0.2) is 0 Å². The molecule has 3 aromatic rings. The first-order valence-electron chi connectivity index (χ1n) is 11.4. The molecule has 0 aromatic heterocycles. The molecule has 34 heavy (non-hydrogen) atoms. The fourth-order valence-electron chi connectivity index (χ4n) is 5.11. The quantitative estimate of drug-likeness (QED) is 0.533. The van der Waals surface area contributed by atoms with Crippen molar-refractivity contribution in [3.8, 4) is 5.75 Å². The van der Waals surface area contributed by atoms with Crippen molar-refractivity contribution in [1.29, 1.82) is 0 Å². The van der Waals surface area contributed by atoms with Crippen molar-refractivity contribution in [2.75, 3.05) is 11.8 Å². The van der Waals surface area contributed by atoms with Crippen LogP contribution >= 0.6 is 0 Å². The molecule has 1 heterocycles. The van der Waals surface area contributed by atoms with Gasteiger partial charge in [-0.05, 0) is 42.0 Å². The summed E-state index contributed by atoms with van der Waals surface area (Å²) in [5.41, 5.74) is 1.01. The van der Waals surface area contributed by atoms with E-state index in [2.05, 4.69) is 4.72 Å². The van der Waals surface area contributed by atoms with Gasteiger partial charge in [-0.25, -0.2) is 8.42 Å². The summed E-state index contributed by atoms with van der Waals surface area (Å²) in [6.07, 6.45) is 3.39. The second-order valence-corrected chi connectivity index (χ2v) is 10.5. The fraction of sp³-hybridized carbons (Fsp3) is 0.308. The van der Waals surface area contributed by atoms with Gasteiger partial charge in [0.25, 0.3) is 10.0 Å². The number of methoxy groups -OCH3 is 1. The molecule has 1 N–H and O–H groups in total. The lowest BCUT2D eigenvalue weighted by atomic mass is 9.81. The van der Waals surface area contributed by atoms with Crippen LogP contribution in [0.4, 0.5) is 5.69 Å². The summed E-state index contributed by atoms with van der Waals surface area (Å²) >= 11 is 0. The van der Waals surface area contributed by atoms with Crippen molar-refractivity contribution >= 4 is 38.3 Å². The van der Waals surface area contributed by atoms with Gasteiger partial charge in [-0.1, -0.05) is 55.3 Å². The van der Waals surface area contributed by atoms with E-state index in [1.165, 1.54) is 18.1 Å². The lowest BCUT2D eigenvalue weighted by Gasteiger charge is -2.19. The summed E-state index contributed by atoms with van der Waals surface area (Å²) in [4.78, 5) is 27.0. The molecular formula is C26H26N2O5S. The van der Waals surface area contributed by atoms with E-state index in [4.69, 9.17) is 4.74 Å². The summed E-state index contributed by atoms with van der Waals surface area (Å²) in [5, 5.41) is 1.69. The van der Waals surface area contributed by atoms with E-state index in [1.807, 2.05) is 30.3 Å². The van der Waals surface area contributed by atoms with Crippen molar-refractivity contribution < 1.29 is 22.7 Å². The first kappa shape index (κ1) is 22.4. The molecule has 0 spiro atoms. The number of hydrogen-bond donors (Lipinski definition) is 1. The highest BCUT2D eigenvalue weighted by Crippen LogP contribution is 2.39. The molecule has 0 radical (unpaired) electrons. The molecule has 5 rings (SSSR count). The Hall–Kier alpha value is -3.39. The Kier molecular flexibility index (Phi) is 5.77. The zero-order valence-corrected chi connectivity index (χ0v) is 19.7. The number of imide groups is 1. The van der Waals surface area contributed by atoms with E-state index in [0.29, 0.717) is 11.3 Å². The number of nitrogens with zero attached hydrogens (tertiary/aromatic N) is 1. The molecule has 176 valence electrons. The maximum atomic E-state index is 13.4. The molecule has 1 saturated carbocycles. The van der Waals surface area contributed by atoms with Crippen molar-refractivity contribution in [3.05, 3.63) is 66.2 Å². The molecule has 0 bridgehead atoms. The van der Waals surface area contributed by atoms with Crippen molar-refractivity contribution in [2.45, 2.75) is 37.1 Å². The smallest absolute Gasteiger partial charge is 0.265 e. The van der Waals surface area contributed by atoms with Crippen molar-refractivity contribution in [2.24, 2.45) is 11.8 Å². The van der Waals surface area contributed by atoms with E-state index in [1.54, 1.807) is 24.3 Å². The number of likely N-dealkylation sites (tertiary alicyclic amines) is 1. The van der Waals surface area contributed by atoms with E-state index in [-0.39, 0.29) is 40.8 Å². The first-order valence-corrected chi connectivity index (χ1v) is 12.9. The van der Waals surface area contributed by atoms with E-state index >= 15 is 0 Å². The number of sulfonamides is 1. The van der Waals surface area contributed by atoms with Crippen LogP contribution in [0.3, 0.4) is 0 Å². The maximum absolute atomic E-state index is 13.4. The lowest BCUT2D eigenvalue weighted by molar-refractivity contribution is -0.140. The Balaban J connectivity index is 1.46. The van der Waals surface area contributed by atoms with Crippen LogP contribution < -0.4 is 9.46 Å². The molecule has 8 heteroatoms. The van der Waals surface area contributed by atoms with Gasteiger partial charge in [-0.15, -0.1) is 0 Å². The molecule has 2 aliphatic rings. The normalized spacial score (nSPS) is 20.4. The summed E-state index contributed by atoms with van der Waals surface area (Å²) in [7, 11) is -2.61. The summed E-state index contributed by atoms with van der Waals surface area (Å²) in [6.45, 7) is 0.0471. The summed E-state index contributed by atoms with van der Waals surface area (Å²) < 4.78 is 34.8. The third-order valence-corrected chi connectivity index (χ3v) is 8.21. The average Bonchev–Trinajstić information content (AvgIpc) is 3.09. The standard InChI is InChI=1S/C26H26N2O5S/c1-33-23-14-13-17(16-28-25(29)20-10-4-5-11-21(20)26(28)30)15-24(23)34(31,32)27-22-12-6-8-18-7-2-3-9-19(18)22/h2-3,6-9,12-15,20-21,27H,4-5,10-11,16H2,1H3/t20-,21+. The van der Waals surface area contributed by atoms with Crippen LogP contribution in [0.5, 0.6) is 5.75 Å². The minimum atomic E-state index is -4.01. The van der Waals surface area contributed by atoms with Crippen LogP contribution in [0.15, 0.2) is 65.6 Å². The molecule has 2 atom stereocenters. The number of rotatable bonds is 6. The fourth-order valence-corrected chi connectivity index (χ4v) is 6.41. The third-order valence-electron chi connectivity index (χ3n) is 6.82. The first-order chi connectivity index (χ1) is 16.4. The number of carbonyl (C=O) groups excluding carboxylic acids is 2. The van der Waals surface area contributed by atoms with Crippen LogP contribution in [0.2, 0.25) is 0 Å². The Morgan fingerprint density at radius 2 is 1.62 bits per heavy atom. The minimum absolute atomic E-state index is 0.0445. The van der Waals surface area contributed by atoms with Gasteiger partial charge in [0.05, 0.1) is 31.2 Å². The van der Waals surface area contributed by atoms with Crippen LogP contribution in [0.25, 0.3) is 10.8 Å². The number of fused-ring (bicyclic) bond motifs is 2. The number of hydrogen-bond acceptors (Lipinski definition) is 5. The van der Waals surface area contributed by atoms with E-state index in [0.717, 1.165) is 36.5 Å². The molecular weight excluding hydrogens is 452 g/mol. The maximum Gasteiger partial charge on any atom is 0.265 e. The minimum Gasteiger partial charge on any atom is -0.495 e. The van der Waals surface area contributed by atoms with Crippen LogP contribution in [-0.4, -0.2) is 32.2 Å². The number of ether oxygens (including phenoxy) is 1. The second kappa shape index (κ2) is 8.76. The molecule has 7 nitrogen and oxygen atoms in total. The van der Waals surface area contributed by atoms with E-state index < -0.39 is 10.0 Å². The van der Waals surface area contributed by atoms with Gasteiger partial charge >= 0.3 is 0 Å². The number of anilines is 1. The average molecular weight is 479 g/mol. The highest BCUT2D eigenvalue weighted by Gasteiger charge is 2.47. The Morgan fingerprint density at radius 1 is 0.941 bits per heavy atom. The Bertz CT molecular complexity index is 1360. The van der Waals surface area contributed by atoms with Gasteiger partial charge in [0.1, 0.15) is 10.6 Å². The Labute approximate surface area is 198 Å². The number of nitrogens with one attached hydrogen (secondary N) is 1. The zero-order chi connectivity index (χ0) is 23.9. The van der Waals surface area contributed by atoms with Crippen LogP contribution in [-0.2, 0) is 26.2 Å². The second-order valence-electron chi connectivity index (χ2n) is 8.88. The number of carbonyl (C=O) groups is 2. The highest BCUT2D eigenvalue weighted by molar-refractivity contribution is 7.92. The van der Waals surface area contributed by atoms with Crippen molar-refractivity contribution in [3.63, 3.8) is 0 Å². The molecule has 1 aliphatic carbocycles. The molecule has 3 aromatic carbocycles. The number of amides is 2. The van der Waals surface area contributed by atoms with E-state index in [9.17, 15) is 18.0 Å². The van der Waals surface area contributed by atoms with Crippen LogP contribution in [0, 0.1) is 11.8 Å². The molecule has 1 aliphatic heterocycles. The van der Waals surface area contributed by atoms with Gasteiger partial charge in [-0.2, -0.15) is 0 Å². The van der Waals surface area contributed by atoms with Gasteiger partial charge in [0.2, 0.25) is 11.8 Å². The topological polar surface area (TPSA) is 92.8 Å². The summed E-state index contributed by atoms with van der Waals surface area (Å²) in [6, 6.07) is 17.7. The third kappa shape index (κ3) is 3.92. The SMILES string of the molecule is COc1ccc(CN2C(=O)[C@H]3CCCC[C@H]3C2=O)cc1S(=O)(=O)Nc1cccc2ccccc12. The van der Waals surface area contributed by atoms with Gasteiger partial charge in [-0.3, -0.25) is 19.2 Å². The highest BCUT2D eigenvalue weighted by atomic mass is 32.2. The molecule has 2 fully saturated rings. The van der Waals surface area contributed by atoms with Crippen LogP contribution in [0.1, 0.15) is 31.2 Å². The van der Waals surface area contributed by atoms with Crippen molar-refractivity contribution in [1.82, 2.24) is 4.90 Å².